The molecule has 0 bridgehead atoms. The first-order chi connectivity index (χ1) is 7.97. The van der Waals surface area contributed by atoms with Gasteiger partial charge in [-0.1, -0.05) is 20.1 Å². The van der Waals surface area contributed by atoms with Crippen LogP contribution in [0.2, 0.25) is 0 Å². The van der Waals surface area contributed by atoms with E-state index in [9.17, 15) is 9.59 Å². The predicted molar refractivity (Wildman–Crippen MR) is 58.8 cm³/mol. The molecule has 0 saturated heterocycles. The summed E-state index contributed by atoms with van der Waals surface area (Å²) in [5, 5.41) is 0. The number of carbonyl (C=O) groups excluding carboxylic acids is 2. The third-order valence-corrected chi connectivity index (χ3v) is 1.66. The van der Waals surface area contributed by atoms with E-state index in [0.29, 0.717) is 12.8 Å². The molecule has 96 valence electrons. The van der Waals surface area contributed by atoms with Crippen molar-refractivity contribution in [3.8, 4) is 0 Å². The van der Waals surface area contributed by atoms with Crippen molar-refractivity contribution in [3.05, 3.63) is 25.7 Å². The number of ether oxygens (including phenoxy) is 4. The van der Waals surface area contributed by atoms with Gasteiger partial charge in [-0.3, -0.25) is 0 Å². The van der Waals surface area contributed by atoms with E-state index in [2.05, 4.69) is 22.6 Å². The van der Waals surface area contributed by atoms with Crippen molar-refractivity contribution in [2.24, 2.45) is 0 Å². The summed E-state index contributed by atoms with van der Waals surface area (Å²) in [7, 11) is 0. The van der Waals surface area contributed by atoms with Crippen molar-refractivity contribution in [2.45, 2.75) is 32.5 Å². The fourth-order valence-electron chi connectivity index (χ4n) is 1.11. The van der Waals surface area contributed by atoms with Crippen molar-refractivity contribution >= 4 is 12.3 Å². The lowest BCUT2D eigenvalue weighted by atomic mass is 10.2. The molecule has 0 fully saturated rings. The van der Waals surface area contributed by atoms with Gasteiger partial charge >= 0.3 is 12.3 Å². The van der Waals surface area contributed by atoms with Gasteiger partial charge in [-0.15, -0.1) is 0 Å². The van der Waals surface area contributed by atoms with Gasteiger partial charge in [0.2, 0.25) is 0 Å². The third-order valence-electron chi connectivity index (χ3n) is 1.66. The molecule has 0 saturated carbocycles. The summed E-state index contributed by atoms with van der Waals surface area (Å²) < 4.78 is 18.4. The Kier molecular flexibility index (Phi) is 6.47. The van der Waals surface area contributed by atoms with Gasteiger partial charge in [0.15, 0.2) is 0 Å². The Morgan fingerprint density at radius 3 is 1.82 bits per heavy atom. The van der Waals surface area contributed by atoms with E-state index in [1.165, 1.54) is 6.92 Å². The first-order valence-corrected chi connectivity index (χ1v) is 4.98. The maximum absolute atomic E-state index is 11.1. The molecule has 17 heavy (non-hydrogen) atoms. The SMILES string of the molecule is C=COC(=O)OC(C)(CCC)OC(=O)OC=C. The molecule has 6 nitrogen and oxygen atoms in total. The predicted octanol–water partition coefficient (Wildman–Crippen LogP) is 3.10. The van der Waals surface area contributed by atoms with Gasteiger partial charge in [0, 0.05) is 13.3 Å². The van der Waals surface area contributed by atoms with Crippen molar-refractivity contribution < 1.29 is 28.5 Å². The highest BCUT2D eigenvalue weighted by molar-refractivity contribution is 5.63. The van der Waals surface area contributed by atoms with Crippen molar-refractivity contribution in [2.75, 3.05) is 0 Å². The van der Waals surface area contributed by atoms with E-state index in [0.717, 1.165) is 12.5 Å². The molecule has 0 atom stereocenters. The Labute approximate surface area is 99.8 Å². The van der Waals surface area contributed by atoms with Gasteiger partial charge in [-0.25, -0.2) is 9.59 Å². The van der Waals surface area contributed by atoms with Crippen LogP contribution in [0.4, 0.5) is 9.59 Å². The zero-order chi connectivity index (χ0) is 13.3. The van der Waals surface area contributed by atoms with E-state index in [1.54, 1.807) is 0 Å². The van der Waals surface area contributed by atoms with Crippen molar-refractivity contribution in [1.82, 2.24) is 0 Å². The highest BCUT2D eigenvalue weighted by Crippen LogP contribution is 2.21. The summed E-state index contributed by atoms with van der Waals surface area (Å²) >= 11 is 0. The largest absolute Gasteiger partial charge is 0.516 e. The van der Waals surface area contributed by atoms with Gasteiger partial charge in [-0.05, 0) is 6.42 Å². The van der Waals surface area contributed by atoms with Crippen molar-refractivity contribution in [3.63, 3.8) is 0 Å². The summed E-state index contributed by atoms with van der Waals surface area (Å²) in [4.78, 5) is 22.2. The molecule has 0 amide bonds. The molecule has 0 aromatic heterocycles. The number of hydrogen-bond donors (Lipinski definition) is 0. The quantitative estimate of drug-likeness (QED) is 0.406. The normalized spacial score (nSPS) is 10.0. The standard InChI is InChI=1S/C11H16O6/c1-5-8-11(4,16-9(12)14-6-2)17-10(13)15-7-3/h6-7H,2-3,5,8H2,1,4H3. The van der Waals surface area contributed by atoms with Crippen LogP contribution < -0.4 is 0 Å². The molecule has 0 radical (unpaired) electrons. The second-order valence-corrected chi connectivity index (χ2v) is 3.16. The number of carbonyl (C=O) groups is 2. The Morgan fingerprint density at radius 1 is 1.12 bits per heavy atom. The van der Waals surface area contributed by atoms with E-state index >= 15 is 0 Å². The van der Waals surface area contributed by atoms with E-state index in [1.807, 2.05) is 6.92 Å². The first-order valence-electron chi connectivity index (χ1n) is 4.98. The molecule has 0 heterocycles. The molecular weight excluding hydrogens is 228 g/mol. The van der Waals surface area contributed by atoms with Crippen LogP contribution in [0.25, 0.3) is 0 Å². The summed E-state index contributed by atoms with van der Waals surface area (Å²) in [5.74, 6) is -1.45. The molecule has 0 aliphatic heterocycles. The molecule has 6 heteroatoms. The first kappa shape index (κ1) is 15.0. The molecule has 0 aliphatic rings. The van der Waals surface area contributed by atoms with Crippen LogP contribution in [0.3, 0.4) is 0 Å². The Hall–Kier alpha value is -1.98. The molecule has 0 aromatic rings. The average molecular weight is 244 g/mol. The molecular formula is C11H16O6. The molecule has 0 rings (SSSR count). The van der Waals surface area contributed by atoms with Crippen LogP contribution >= 0.6 is 0 Å². The number of hydrogen-bond acceptors (Lipinski definition) is 6. The Bertz CT molecular complexity index is 272. The summed E-state index contributed by atoms with van der Waals surface area (Å²) in [5.41, 5.74) is 0. The summed E-state index contributed by atoms with van der Waals surface area (Å²) in [6.07, 6.45) is 0.725. The van der Waals surface area contributed by atoms with Crippen LogP contribution in [0, 0.1) is 0 Å². The van der Waals surface area contributed by atoms with Gasteiger partial charge in [0.1, 0.15) is 0 Å². The van der Waals surface area contributed by atoms with E-state index in [-0.39, 0.29) is 0 Å². The van der Waals surface area contributed by atoms with Gasteiger partial charge in [-0.2, -0.15) is 0 Å². The van der Waals surface area contributed by atoms with Crippen LogP contribution in [0.15, 0.2) is 25.7 Å². The second-order valence-electron chi connectivity index (χ2n) is 3.16. The minimum atomic E-state index is -1.45. The highest BCUT2D eigenvalue weighted by atomic mass is 16.8. The van der Waals surface area contributed by atoms with Crippen LogP contribution in [-0.4, -0.2) is 18.1 Å². The maximum Gasteiger partial charge on any atom is 0.516 e. The topological polar surface area (TPSA) is 71.1 Å². The molecule has 0 aliphatic carbocycles. The second kappa shape index (κ2) is 7.32. The molecule has 0 aromatic carbocycles. The van der Waals surface area contributed by atoms with Crippen LogP contribution in [0.1, 0.15) is 26.7 Å². The van der Waals surface area contributed by atoms with Crippen LogP contribution in [-0.2, 0) is 18.9 Å². The minimum Gasteiger partial charge on any atom is -0.404 e. The lowest BCUT2D eigenvalue weighted by Crippen LogP contribution is -2.37. The minimum absolute atomic E-state index is 0.297. The molecule has 0 unspecified atom stereocenters. The monoisotopic (exact) mass is 244 g/mol. The molecule has 0 spiro atoms. The summed E-state index contributed by atoms with van der Waals surface area (Å²) in [6.45, 7) is 9.65. The van der Waals surface area contributed by atoms with Gasteiger partial charge < -0.3 is 18.9 Å². The maximum atomic E-state index is 11.1. The fraction of sp³-hybridized carbons (Fsp3) is 0.455. The molecule has 0 N–H and O–H groups in total. The Balaban J connectivity index is 4.53. The van der Waals surface area contributed by atoms with Gasteiger partial charge in [0.05, 0.1) is 12.5 Å². The van der Waals surface area contributed by atoms with Crippen molar-refractivity contribution in [1.29, 1.82) is 0 Å². The number of rotatable bonds is 6. The zero-order valence-electron chi connectivity index (χ0n) is 9.93. The third kappa shape index (κ3) is 6.24. The summed E-state index contributed by atoms with van der Waals surface area (Å²) in [6, 6.07) is 0. The van der Waals surface area contributed by atoms with E-state index in [4.69, 9.17) is 9.47 Å². The fourth-order valence-corrected chi connectivity index (χ4v) is 1.11. The van der Waals surface area contributed by atoms with Gasteiger partial charge in [0.25, 0.3) is 5.79 Å². The Morgan fingerprint density at radius 2 is 1.53 bits per heavy atom. The zero-order valence-corrected chi connectivity index (χ0v) is 9.93. The smallest absolute Gasteiger partial charge is 0.404 e. The van der Waals surface area contributed by atoms with E-state index < -0.39 is 18.1 Å². The highest BCUT2D eigenvalue weighted by Gasteiger charge is 2.33. The lowest BCUT2D eigenvalue weighted by Gasteiger charge is -2.26. The lowest BCUT2D eigenvalue weighted by molar-refractivity contribution is -0.175. The van der Waals surface area contributed by atoms with Crippen LogP contribution in [0.5, 0.6) is 0 Å². The average Bonchev–Trinajstić information content (AvgIpc) is 2.17.